The monoisotopic (exact) mass is 182 g/mol. The Hall–Kier alpha value is -1.68. The van der Waals surface area contributed by atoms with Gasteiger partial charge in [-0.25, -0.2) is 0 Å². The number of rotatable bonds is 5. The molecular formula is C2H6N4O6. The maximum Gasteiger partial charge on any atom is 0.326 e. The van der Waals surface area contributed by atoms with Crippen molar-refractivity contribution in [2.75, 3.05) is 6.54 Å². The highest BCUT2D eigenvalue weighted by Crippen LogP contribution is 2.02. The third kappa shape index (κ3) is 3.48. The van der Waals surface area contributed by atoms with Crippen LogP contribution in [0.3, 0.4) is 0 Å². The average molecular weight is 182 g/mol. The highest BCUT2D eigenvalue weighted by Gasteiger charge is 2.32. The van der Waals surface area contributed by atoms with Gasteiger partial charge in [-0.2, -0.15) is 0 Å². The van der Waals surface area contributed by atoms with Crippen LogP contribution in [0.1, 0.15) is 0 Å². The van der Waals surface area contributed by atoms with E-state index in [0.717, 1.165) is 0 Å². The Morgan fingerprint density at radius 3 is 1.75 bits per heavy atom. The van der Waals surface area contributed by atoms with Gasteiger partial charge in [0.1, 0.15) is 0 Å². The van der Waals surface area contributed by atoms with Crippen LogP contribution in [0.5, 0.6) is 0 Å². The zero-order valence-electron chi connectivity index (χ0n) is 5.71. The molecule has 0 aromatic heterocycles. The fourth-order valence-electron chi connectivity index (χ4n) is 0.344. The number of hydrogen-bond acceptors (Lipinski definition) is 8. The molecular weight excluding hydrogens is 176 g/mol. The van der Waals surface area contributed by atoms with E-state index in [2.05, 4.69) is 9.68 Å². The molecule has 0 spiro atoms. The van der Waals surface area contributed by atoms with Crippen LogP contribution < -0.4 is 11.5 Å². The van der Waals surface area contributed by atoms with Crippen molar-refractivity contribution in [1.82, 2.24) is 0 Å². The fraction of sp³-hybridized carbons (Fsp3) is 1.00. The lowest BCUT2D eigenvalue weighted by Crippen LogP contribution is -2.54. The van der Waals surface area contributed by atoms with E-state index < -0.39 is 22.6 Å². The predicted molar refractivity (Wildman–Crippen MR) is 32.1 cm³/mol. The van der Waals surface area contributed by atoms with Crippen LogP contribution in [-0.4, -0.2) is 22.6 Å². The van der Waals surface area contributed by atoms with Gasteiger partial charge in [-0.05, 0) is 0 Å². The van der Waals surface area contributed by atoms with Crippen LogP contribution in [0, 0.1) is 20.2 Å². The Bertz CT molecular complexity index is 176. The minimum atomic E-state index is -2.53. The third-order valence-corrected chi connectivity index (χ3v) is 0.743. The van der Waals surface area contributed by atoms with Gasteiger partial charge in [0.2, 0.25) is 0 Å². The minimum absolute atomic E-state index is 0.727. The van der Waals surface area contributed by atoms with E-state index in [9.17, 15) is 20.2 Å². The van der Waals surface area contributed by atoms with Crippen molar-refractivity contribution in [1.29, 1.82) is 0 Å². The Labute approximate surface area is 65.2 Å². The third-order valence-electron chi connectivity index (χ3n) is 0.743. The quantitative estimate of drug-likeness (QED) is 0.280. The van der Waals surface area contributed by atoms with Gasteiger partial charge >= 0.3 is 5.91 Å². The predicted octanol–water partition coefficient (Wildman–Crippen LogP) is -2.03. The lowest BCUT2D eigenvalue weighted by atomic mass is 10.5. The van der Waals surface area contributed by atoms with Gasteiger partial charge < -0.3 is 5.73 Å². The second-order valence-electron chi connectivity index (χ2n) is 1.65. The fourth-order valence-corrected chi connectivity index (χ4v) is 0.344. The van der Waals surface area contributed by atoms with E-state index in [0.29, 0.717) is 0 Å². The zero-order chi connectivity index (χ0) is 9.78. The molecule has 12 heavy (non-hydrogen) atoms. The van der Waals surface area contributed by atoms with Crippen molar-refractivity contribution < 1.29 is 19.8 Å². The number of hydrogen-bond donors (Lipinski definition) is 2. The molecule has 0 amide bonds. The Morgan fingerprint density at radius 1 is 1.25 bits per heavy atom. The molecule has 0 aliphatic rings. The number of nitrogens with two attached hydrogens (primary N) is 2. The van der Waals surface area contributed by atoms with Crippen molar-refractivity contribution in [2.24, 2.45) is 11.5 Å². The van der Waals surface area contributed by atoms with Crippen molar-refractivity contribution in [3.05, 3.63) is 20.2 Å². The summed E-state index contributed by atoms with van der Waals surface area (Å²) in [6, 6.07) is 0. The molecule has 0 fully saturated rings. The van der Waals surface area contributed by atoms with Crippen molar-refractivity contribution in [3.8, 4) is 0 Å². The van der Waals surface area contributed by atoms with Gasteiger partial charge in [-0.15, -0.1) is 20.2 Å². The summed E-state index contributed by atoms with van der Waals surface area (Å²) in [5, 5.41) is 16.7. The molecule has 10 nitrogen and oxygen atoms in total. The Balaban J connectivity index is 4.23. The van der Waals surface area contributed by atoms with E-state index in [1.54, 1.807) is 0 Å². The molecule has 0 aliphatic heterocycles. The SMILES string of the molecule is NCC(N)(O[N+](=O)[O-])O[N+](=O)[O-]. The second kappa shape index (κ2) is 3.64. The summed E-state index contributed by atoms with van der Waals surface area (Å²) in [5.41, 5.74) is 9.67. The summed E-state index contributed by atoms with van der Waals surface area (Å²) >= 11 is 0. The van der Waals surface area contributed by atoms with E-state index in [1.807, 2.05) is 0 Å². The van der Waals surface area contributed by atoms with Gasteiger partial charge in [0.05, 0.1) is 6.54 Å². The first-order chi connectivity index (χ1) is 5.39. The molecule has 0 aromatic carbocycles. The minimum Gasteiger partial charge on any atom is -0.325 e. The van der Waals surface area contributed by atoms with Crippen LogP contribution in [0.15, 0.2) is 0 Å². The standard InChI is InChI=1S/C2H6N4O6/c3-1-2(4,11-5(7)8)12-6(9)10/h1,3-4H2. The summed E-state index contributed by atoms with van der Waals surface area (Å²) < 4.78 is 0. The highest BCUT2D eigenvalue weighted by atomic mass is 17.1. The smallest absolute Gasteiger partial charge is 0.325 e. The van der Waals surface area contributed by atoms with E-state index in [1.165, 1.54) is 0 Å². The lowest BCUT2D eigenvalue weighted by Gasteiger charge is -2.21. The van der Waals surface area contributed by atoms with E-state index in [4.69, 9.17) is 11.5 Å². The van der Waals surface area contributed by atoms with Gasteiger partial charge in [0, 0.05) is 0 Å². The van der Waals surface area contributed by atoms with Gasteiger partial charge in [0.25, 0.3) is 10.2 Å². The first-order valence-electron chi connectivity index (χ1n) is 2.55. The van der Waals surface area contributed by atoms with Crippen molar-refractivity contribution in [2.45, 2.75) is 5.91 Å². The molecule has 0 saturated carbocycles. The van der Waals surface area contributed by atoms with Gasteiger partial charge in [0.15, 0.2) is 0 Å². The Kier molecular flexibility index (Phi) is 3.13. The summed E-state index contributed by atoms with van der Waals surface area (Å²) in [6.07, 6.45) is 0. The first-order valence-corrected chi connectivity index (χ1v) is 2.55. The first kappa shape index (κ1) is 10.3. The van der Waals surface area contributed by atoms with Crippen LogP contribution in [0.25, 0.3) is 0 Å². The zero-order valence-corrected chi connectivity index (χ0v) is 5.71. The molecule has 0 saturated heterocycles. The maximum atomic E-state index is 9.70. The van der Waals surface area contributed by atoms with Crippen LogP contribution in [0.2, 0.25) is 0 Å². The molecule has 0 unspecified atom stereocenters. The largest absolute Gasteiger partial charge is 0.326 e. The molecule has 0 aromatic rings. The summed E-state index contributed by atoms with van der Waals surface area (Å²) in [6.45, 7) is -0.727. The summed E-state index contributed by atoms with van der Waals surface area (Å²) in [7, 11) is 0. The molecule has 0 radical (unpaired) electrons. The van der Waals surface area contributed by atoms with Gasteiger partial charge in [-0.3, -0.25) is 15.4 Å². The summed E-state index contributed by atoms with van der Waals surface area (Å²) in [5.74, 6) is -2.53. The number of nitrogens with zero attached hydrogens (tertiary/aromatic N) is 2. The van der Waals surface area contributed by atoms with Crippen LogP contribution in [-0.2, 0) is 9.68 Å². The van der Waals surface area contributed by atoms with Crippen LogP contribution in [0.4, 0.5) is 0 Å². The molecule has 4 N–H and O–H groups in total. The highest BCUT2D eigenvalue weighted by molar-refractivity contribution is 4.55. The van der Waals surface area contributed by atoms with E-state index >= 15 is 0 Å². The second-order valence-corrected chi connectivity index (χ2v) is 1.65. The van der Waals surface area contributed by atoms with Crippen LogP contribution >= 0.6 is 0 Å². The molecule has 0 heterocycles. The molecule has 10 heteroatoms. The molecule has 0 aliphatic carbocycles. The normalized spacial score (nSPS) is 10.5. The lowest BCUT2D eigenvalue weighted by molar-refractivity contribution is -0.871. The average Bonchev–Trinajstić information content (AvgIpc) is 1.83. The van der Waals surface area contributed by atoms with E-state index in [-0.39, 0.29) is 0 Å². The molecule has 70 valence electrons. The van der Waals surface area contributed by atoms with Crippen molar-refractivity contribution >= 4 is 0 Å². The summed E-state index contributed by atoms with van der Waals surface area (Å²) in [4.78, 5) is 26.6. The van der Waals surface area contributed by atoms with Crippen molar-refractivity contribution in [3.63, 3.8) is 0 Å². The molecule has 0 atom stereocenters. The molecule has 0 rings (SSSR count). The Morgan fingerprint density at radius 2 is 1.58 bits per heavy atom. The van der Waals surface area contributed by atoms with Gasteiger partial charge in [-0.1, -0.05) is 0 Å². The topological polar surface area (TPSA) is 157 Å². The maximum absolute atomic E-state index is 9.70. The molecule has 0 bridgehead atoms.